The lowest BCUT2D eigenvalue weighted by atomic mass is 9.95. The summed E-state index contributed by atoms with van der Waals surface area (Å²) >= 11 is 6.06. The van der Waals surface area contributed by atoms with Crippen molar-refractivity contribution in [2.45, 2.75) is 56.5 Å². The number of ether oxygens (including phenoxy) is 1. The topological polar surface area (TPSA) is 172 Å². The monoisotopic (exact) mass is 638 g/mol. The van der Waals surface area contributed by atoms with Gasteiger partial charge < -0.3 is 20.5 Å². The minimum absolute atomic E-state index is 0.0125. The van der Waals surface area contributed by atoms with Gasteiger partial charge in [0.05, 0.1) is 12.4 Å². The van der Waals surface area contributed by atoms with Crippen LogP contribution in [0.4, 0.5) is 25.1 Å². The van der Waals surface area contributed by atoms with Crippen molar-refractivity contribution in [1.82, 2.24) is 20.1 Å². The predicted octanol–water partition coefficient (Wildman–Crippen LogP) is 2.35. The molecule has 2 fully saturated rings. The third-order valence-corrected chi connectivity index (χ3v) is 8.25. The number of alkyl halides is 3. The van der Waals surface area contributed by atoms with Crippen LogP contribution in [0.5, 0.6) is 0 Å². The maximum Gasteiger partial charge on any atom is 0.490 e. The Morgan fingerprint density at radius 1 is 1.21 bits per heavy atom. The largest absolute Gasteiger partial charge is 0.490 e. The number of nitrogen functional groups attached to an aromatic ring is 1. The Kier molecular flexibility index (Phi) is 11.6. The second kappa shape index (κ2) is 14.5. The van der Waals surface area contributed by atoms with Gasteiger partial charge in [-0.3, -0.25) is 9.69 Å². The number of aromatic nitrogens is 3. The first-order valence-corrected chi connectivity index (χ1v) is 15.6. The van der Waals surface area contributed by atoms with E-state index < -0.39 is 28.1 Å². The molecule has 234 valence electrons. The van der Waals surface area contributed by atoms with Crippen molar-refractivity contribution in [3.63, 3.8) is 0 Å². The summed E-state index contributed by atoms with van der Waals surface area (Å²) in [6, 6.07) is 8.25. The van der Waals surface area contributed by atoms with Gasteiger partial charge in [0, 0.05) is 49.4 Å². The lowest BCUT2D eigenvalue weighted by Gasteiger charge is -2.46. The highest BCUT2D eigenvalue weighted by molar-refractivity contribution is 7.90. The molecule has 1 aromatic heterocycles. The molecule has 12 nitrogen and oxygen atoms in total. The van der Waals surface area contributed by atoms with Gasteiger partial charge in [-0.05, 0) is 43.4 Å². The van der Waals surface area contributed by atoms with E-state index >= 15 is 0 Å². The second-order valence-corrected chi connectivity index (χ2v) is 12.9. The van der Waals surface area contributed by atoms with E-state index in [4.69, 9.17) is 32.0 Å². The van der Waals surface area contributed by atoms with Crippen LogP contribution in [-0.4, -0.2) is 108 Å². The van der Waals surface area contributed by atoms with Crippen molar-refractivity contribution < 1.29 is 41.0 Å². The number of carbonyl (C=O) groups is 2. The zero-order valence-electron chi connectivity index (χ0n) is 22.9. The Bertz CT molecular complexity index is 1300. The molecule has 1 aromatic carbocycles. The summed E-state index contributed by atoms with van der Waals surface area (Å²) in [5.74, 6) is -1.86. The molecule has 4 N–H and O–H groups in total. The van der Waals surface area contributed by atoms with Gasteiger partial charge in [0.1, 0.15) is 15.9 Å². The number of carbonyl (C=O) groups excluding carboxylic acids is 1. The van der Waals surface area contributed by atoms with Crippen molar-refractivity contribution in [1.29, 1.82) is 0 Å². The molecule has 2 saturated heterocycles. The van der Waals surface area contributed by atoms with Crippen LogP contribution in [0.2, 0.25) is 5.02 Å². The third kappa shape index (κ3) is 10.4. The Morgan fingerprint density at radius 3 is 2.36 bits per heavy atom. The van der Waals surface area contributed by atoms with Gasteiger partial charge in [-0.15, -0.1) is 5.10 Å². The number of ketones is 1. The number of H-pyrrole nitrogens is 1. The normalized spacial score (nSPS) is 20.5. The van der Waals surface area contributed by atoms with Crippen molar-refractivity contribution in [3.8, 4) is 0 Å². The van der Waals surface area contributed by atoms with E-state index in [1.807, 2.05) is 24.3 Å². The number of aliphatic carboxylic acids is 1. The van der Waals surface area contributed by atoms with Gasteiger partial charge in [0.25, 0.3) is 0 Å². The first-order valence-electron chi connectivity index (χ1n) is 13.2. The van der Waals surface area contributed by atoms with E-state index in [2.05, 4.69) is 25.0 Å². The van der Waals surface area contributed by atoms with Gasteiger partial charge in [-0.2, -0.15) is 18.2 Å². The van der Waals surface area contributed by atoms with Crippen LogP contribution in [0.15, 0.2) is 24.3 Å². The molecule has 0 bridgehead atoms. The maximum absolute atomic E-state index is 12.9. The van der Waals surface area contributed by atoms with Gasteiger partial charge in [-0.25, -0.2) is 18.3 Å². The molecule has 4 rings (SSSR count). The van der Waals surface area contributed by atoms with Crippen molar-refractivity contribution in [3.05, 3.63) is 34.9 Å². The molecule has 2 aliphatic rings. The number of nitrogens with two attached hydrogens (primary N) is 1. The number of anilines is 2. The number of carboxylic acids is 1. The Labute approximate surface area is 246 Å². The number of nitrogens with one attached hydrogen (secondary N) is 1. The number of benzene rings is 1. The molecule has 0 radical (unpaired) electrons. The van der Waals surface area contributed by atoms with E-state index in [9.17, 15) is 26.4 Å². The number of piperidine rings is 1. The fourth-order valence-corrected chi connectivity index (χ4v) is 5.70. The molecule has 3 heterocycles. The number of morpholine rings is 1. The van der Waals surface area contributed by atoms with Crippen LogP contribution in [0, 0.1) is 0 Å². The summed E-state index contributed by atoms with van der Waals surface area (Å²) in [5.41, 5.74) is 6.85. The van der Waals surface area contributed by atoms with Gasteiger partial charge in [-0.1, -0.05) is 23.7 Å². The molecule has 0 amide bonds. The van der Waals surface area contributed by atoms with Crippen molar-refractivity contribution >= 4 is 45.1 Å². The molecule has 17 heteroatoms. The summed E-state index contributed by atoms with van der Waals surface area (Å²) in [6.45, 7) is 2.54. The Balaban J connectivity index is 0.000000616. The average molecular weight is 639 g/mol. The van der Waals surface area contributed by atoms with Crippen LogP contribution in [0.1, 0.15) is 31.2 Å². The van der Waals surface area contributed by atoms with E-state index in [1.54, 1.807) is 0 Å². The molecule has 0 unspecified atom stereocenters. The fourth-order valence-electron chi connectivity index (χ4n) is 4.90. The standard InChI is InChI=1S/C23H33ClN6O4S.C2HF3O2/c1-35(32,33)12-2-3-20(31)21-14-30(19(15-34-21)13-16-4-6-17(24)7-5-16)18-8-10-29(11-9-18)23-26-22(25)27-28-23;3-2(4,5)1(6)7/h4-7,18-19,21H,2-3,8-15H2,1H3,(H3,25,26,27,28);(H,6,7)/t19-,21+;/m0./s1. The third-order valence-electron chi connectivity index (χ3n) is 6.97. The number of rotatable bonds is 9. The Hall–Kier alpha value is -2.95. The molecule has 2 aliphatic heterocycles. The molecular formula is C25H34ClF3N6O6S. The summed E-state index contributed by atoms with van der Waals surface area (Å²) in [6.07, 6.45) is -1.30. The quantitative estimate of drug-likeness (QED) is 0.368. The molecule has 0 saturated carbocycles. The zero-order valence-corrected chi connectivity index (χ0v) is 24.5. The van der Waals surface area contributed by atoms with Gasteiger partial charge in [0.2, 0.25) is 11.9 Å². The molecule has 2 aromatic rings. The smallest absolute Gasteiger partial charge is 0.475 e. The van der Waals surface area contributed by atoms with Crippen LogP contribution >= 0.6 is 11.6 Å². The van der Waals surface area contributed by atoms with Crippen molar-refractivity contribution in [2.24, 2.45) is 0 Å². The average Bonchev–Trinajstić information content (AvgIpc) is 3.35. The summed E-state index contributed by atoms with van der Waals surface area (Å²) < 4.78 is 60.6. The Morgan fingerprint density at radius 2 is 1.83 bits per heavy atom. The second-order valence-electron chi connectivity index (χ2n) is 10.2. The summed E-state index contributed by atoms with van der Waals surface area (Å²) in [4.78, 5) is 30.5. The summed E-state index contributed by atoms with van der Waals surface area (Å²) in [7, 11) is -3.09. The van der Waals surface area contributed by atoms with Crippen LogP contribution in [0.3, 0.4) is 0 Å². The van der Waals surface area contributed by atoms with Crippen LogP contribution in [0.25, 0.3) is 0 Å². The van der Waals surface area contributed by atoms with E-state index in [0.717, 1.165) is 32.4 Å². The van der Waals surface area contributed by atoms with E-state index in [0.29, 0.717) is 36.5 Å². The van der Waals surface area contributed by atoms with E-state index in [1.165, 1.54) is 11.8 Å². The van der Waals surface area contributed by atoms with Crippen LogP contribution < -0.4 is 10.6 Å². The number of halogens is 4. The number of sulfone groups is 1. The number of nitrogens with zero attached hydrogens (tertiary/aromatic N) is 4. The minimum atomic E-state index is -5.08. The van der Waals surface area contributed by atoms with Gasteiger partial charge in [0.15, 0.2) is 5.78 Å². The number of carboxylic acid groups (broad SMARTS) is 1. The fraction of sp³-hybridized carbons (Fsp3) is 0.600. The minimum Gasteiger partial charge on any atom is -0.475 e. The molecular weight excluding hydrogens is 605 g/mol. The molecule has 0 aliphatic carbocycles. The summed E-state index contributed by atoms with van der Waals surface area (Å²) in [5, 5.41) is 14.7. The lowest BCUT2D eigenvalue weighted by Crippen LogP contribution is -2.58. The highest BCUT2D eigenvalue weighted by atomic mass is 35.5. The van der Waals surface area contributed by atoms with Crippen molar-refractivity contribution in [2.75, 3.05) is 48.9 Å². The van der Waals surface area contributed by atoms with Crippen LogP contribution in [-0.2, 0) is 30.6 Å². The lowest BCUT2D eigenvalue weighted by molar-refractivity contribution is -0.192. The predicted molar refractivity (Wildman–Crippen MR) is 149 cm³/mol. The molecule has 42 heavy (non-hydrogen) atoms. The molecule has 2 atom stereocenters. The highest BCUT2D eigenvalue weighted by Crippen LogP contribution is 2.27. The number of Topliss-reactive ketones (excluding diaryl/α,β-unsaturated/α-hetero) is 1. The van der Waals surface area contributed by atoms with E-state index in [-0.39, 0.29) is 30.0 Å². The molecule has 0 spiro atoms. The number of hydrogen-bond acceptors (Lipinski definition) is 10. The zero-order chi connectivity index (χ0) is 31.1. The maximum atomic E-state index is 12.9. The first kappa shape index (κ1) is 33.6. The number of aromatic amines is 1. The highest BCUT2D eigenvalue weighted by Gasteiger charge is 2.39. The SMILES string of the molecule is CS(=O)(=O)CCCC(=O)[C@H]1CN(C2CCN(c3n[nH]c(N)n3)CC2)[C@@H](Cc2ccc(Cl)cc2)CO1.O=C(O)C(F)(F)F. The first-order chi connectivity index (χ1) is 19.6. The van der Waals surface area contributed by atoms with Gasteiger partial charge >= 0.3 is 12.1 Å². The number of hydrogen-bond donors (Lipinski definition) is 3.